The Hall–Kier alpha value is -3.77. The molecule has 1 aromatic heterocycles. The minimum Gasteiger partial charge on any atom is -0.496 e. The molecule has 3 aromatic carbocycles. The van der Waals surface area contributed by atoms with Gasteiger partial charge in [0, 0.05) is 54.9 Å². The molecule has 6 heteroatoms. The Morgan fingerprint density at radius 1 is 0.889 bits per heavy atom. The van der Waals surface area contributed by atoms with E-state index < -0.39 is 0 Å². The van der Waals surface area contributed by atoms with Gasteiger partial charge < -0.3 is 24.4 Å². The number of piperazine rings is 1. The van der Waals surface area contributed by atoms with Gasteiger partial charge in [-0.2, -0.15) is 0 Å². The summed E-state index contributed by atoms with van der Waals surface area (Å²) in [5.74, 6) is 0.855. The molecule has 1 aliphatic carbocycles. The molecule has 6 nitrogen and oxygen atoms in total. The van der Waals surface area contributed by atoms with Gasteiger partial charge in [-0.1, -0.05) is 18.2 Å². The molecule has 1 atom stereocenters. The summed E-state index contributed by atoms with van der Waals surface area (Å²) in [6.07, 6.45) is 1.83. The fourth-order valence-corrected chi connectivity index (χ4v) is 5.70. The first-order valence-electron chi connectivity index (χ1n) is 12.7. The van der Waals surface area contributed by atoms with Crippen LogP contribution in [0.1, 0.15) is 23.6 Å². The van der Waals surface area contributed by atoms with Gasteiger partial charge >= 0.3 is 0 Å². The first kappa shape index (κ1) is 22.7. The summed E-state index contributed by atoms with van der Waals surface area (Å²) in [4.78, 5) is 18.0. The zero-order valence-corrected chi connectivity index (χ0v) is 20.9. The van der Waals surface area contributed by atoms with Crippen molar-refractivity contribution < 1.29 is 4.74 Å². The minimum absolute atomic E-state index is 0.0138. The van der Waals surface area contributed by atoms with Gasteiger partial charge in [0.15, 0.2) is 0 Å². The van der Waals surface area contributed by atoms with E-state index >= 15 is 0 Å². The lowest BCUT2D eigenvalue weighted by Crippen LogP contribution is -2.44. The van der Waals surface area contributed by atoms with Crippen LogP contribution in [0.4, 0.5) is 17.1 Å². The second-order valence-corrected chi connectivity index (χ2v) is 9.86. The Labute approximate surface area is 211 Å². The van der Waals surface area contributed by atoms with E-state index in [4.69, 9.17) is 4.74 Å². The van der Waals surface area contributed by atoms with Crippen molar-refractivity contribution >= 4 is 28.0 Å². The third-order valence-corrected chi connectivity index (χ3v) is 7.67. The highest BCUT2D eigenvalue weighted by Crippen LogP contribution is 2.41. The van der Waals surface area contributed by atoms with Crippen molar-refractivity contribution in [2.24, 2.45) is 0 Å². The lowest BCUT2D eigenvalue weighted by atomic mass is 10.1. The molecule has 0 amide bonds. The molecule has 2 heterocycles. The molecule has 36 heavy (non-hydrogen) atoms. The summed E-state index contributed by atoms with van der Waals surface area (Å²) in [5, 5.41) is 4.60. The van der Waals surface area contributed by atoms with Crippen LogP contribution in [0.3, 0.4) is 0 Å². The summed E-state index contributed by atoms with van der Waals surface area (Å²) in [5.41, 5.74) is 6.60. The van der Waals surface area contributed by atoms with Gasteiger partial charge in [0.1, 0.15) is 5.75 Å². The molecule has 0 radical (unpaired) electrons. The monoisotopic (exact) mass is 480 g/mol. The Balaban J connectivity index is 1.32. The van der Waals surface area contributed by atoms with Gasteiger partial charge in [0.2, 0.25) is 0 Å². The van der Waals surface area contributed by atoms with Crippen LogP contribution in [0.2, 0.25) is 0 Å². The maximum Gasteiger partial charge on any atom is 0.251 e. The fourth-order valence-electron chi connectivity index (χ4n) is 5.70. The average molecular weight is 481 g/mol. The summed E-state index contributed by atoms with van der Waals surface area (Å²) in [6, 6.07) is 24.6. The molecule has 0 spiro atoms. The van der Waals surface area contributed by atoms with Crippen LogP contribution in [-0.2, 0) is 6.42 Å². The number of fused-ring (bicyclic) bond motifs is 2. The van der Waals surface area contributed by atoms with Crippen molar-refractivity contribution in [1.82, 2.24) is 9.47 Å². The number of benzene rings is 3. The average Bonchev–Trinajstić information content (AvgIpc) is 3.33. The normalized spacial score (nSPS) is 17.8. The number of hydrogen-bond acceptors (Lipinski definition) is 5. The molecule has 1 aliphatic heterocycles. The highest BCUT2D eigenvalue weighted by molar-refractivity contribution is 5.84. The number of pyridine rings is 1. The van der Waals surface area contributed by atoms with Gasteiger partial charge in [-0.05, 0) is 79.4 Å². The van der Waals surface area contributed by atoms with E-state index in [0.29, 0.717) is 0 Å². The molecule has 1 N–H and O–H groups in total. The number of hydrogen-bond donors (Lipinski definition) is 1. The Morgan fingerprint density at radius 3 is 2.42 bits per heavy atom. The highest BCUT2D eigenvalue weighted by Gasteiger charge is 2.29. The lowest BCUT2D eigenvalue weighted by Gasteiger charge is -2.34. The topological polar surface area (TPSA) is 49.7 Å². The van der Waals surface area contributed by atoms with Gasteiger partial charge in [0.25, 0.3) is 5.56 Å². The van der Waals surface area contributed by atoms with Gasteiger partial charge in [-0.25, -0.2) is 0 Å². The molecule has 4 aromatic rings. The third-order valence-electron chi connectivity index (χ3n) is 7.67. The number of likely N-dealkylation sites (N-methyl/N-ethyl adjacent to an activating group) is 1. The molecule has 2 aliphatic rings. The van der Waals surface area contributed by atoms with Crippen LogP contribution in [0.25, 0.3) is 10.9 Å². The Bertz CT molecular complexity index is 1450. The van der Waals surface area contributed by atoms with Crippen LogP contribution < -0.4 is 20.5 Å². The van der Waals surface area contributed by atoms with E-state index in [0.717, 1.165) is 72.6 Å². The number of nitrogens with one attached hydrogen (secondary N) is 1. The molecule has 1 fully saturated rings. The van der Waals surface area contributed by atoms with E-state index in [1.165, 1.54) is 11.3 Å². The largest absolute Gasteiger partial charge is 0.496 e. The van der Waals surface area contributed by atoms with Crippen LogP contribution in [0.15, 0.2) is 77.6 Å². The second-order valence-electron chi connectivity index (χ2n) is 9.86. The molecule has 1 unspecified atom stereocenters. The van der Waals surface area contributed by atoms with E-state index in [1.54, 1.807) is 13.2 Å². The number of aromatic nitrogens is 1. The van der Waals surface area contributed by atoms with E-state index in [9.17, 15) is 4.79 Å². The highest BCUT2D eigenvalue weighted by atomic mass is 16.5. The maximum atomic E-state index is 13.2. The van der Waals surface area contributed by atoms with Crippen molar-refractivity contribution in [1.29, 1.82) is 0 Å². The molecule has 0 saturated carbocycles. The van der Waals surface area contributed by atoms with Crippen LogP contribution in [0, 0.1) is 0 Å². The molecular weight excluding hydrogens is 448 g/mol. The van der Waals surface area contributed by atoms with Crippen LogP contribution in [0.5, 0.6) is 5.75 Å². The molecule has 0 bridgehead atoms. The predicted octanol–water partition coefficient (Wildman–Crippen LogP) is 5.04. The summed E-state index contributed by atoms with van der Waals surface area (Å²) < 4.78 is 7.64. The molecule has 1 saturated heterocycles. The van der Waals surface area contributed by atoms with E-state index in [2.05, 4.69) is 70.7 Å². The first-order valence-corrected chi connectivity index (χ1v) is 12.7. The number of rotatable bonds is 5. The van der Waals surface area contributed by atoms with Crippen molar-refractivity contribution in [2.75, 3.05) is 50.6 Å². The zero-order chi connectivity index (χ0) is 24.6. The third kappa shape index (κ3) is 4.11. The van der Waals surface area contributed by atoms with Crippen LogP contribution in [-0.4, -0.2) is 49.8 Å². The first-order chi connectivity index (χ1) is 17.6. The fraction of sp³-hybridized carbons (Fsp3) is 0.300. The number of aryl methyl sites for hydroxylation is 1. The Morgan fingerprint density at radius 2 is 1.64 bits per heavy atom. The summed E-state index contributed by atoms with van der Waals surface area (Å²) in [6.45, 7) is 4.30. The van der Waals surface area contributed by atoms with E-state index in [-0.39, 0.29) is 11.6 Å². The van der Waals surface area contributed by atoms with Crippen molar-refractivity contribution in [2.45, 2.75) is 18.9 Å². The maximum absolute atomic E-state index is 13.2. The van der Waals surface area contributed by atoms with Gasteiger partial charge in [0.05, 0.1) is 18.7 Å². The van der Waals surface area contributed by atoms with Gasteiger partial charge in [-0.15, -0.1) is 0 Å². The van der Waals surface area contributed by atoms with Crippen molar-refractivity contribution in [3.8, 4) is 5.75 Å². The van der Waals surface area contributed by atoms with Gasteiger partial charge in [-0.3, -0.25) is 4.79 Å². The van der Waals surface area contributed by atoms with Crippen LogP contribution >= 0.6 is 0 Å². The SMILES string of the molecule is COc1cccc2c1C(n1c(=O)ccc3ccc(Nc4ccc(N5CCN(C)CC5)cc4)cc31)CC2. The Kier molecular flexibility index (Phi) is 5.89. The zero-order valence-electron chi connectivity index (χ0n) is 20.9. The molecule has 6 rings (SSSR count). The second kappa shape index (κ2) is 9.36. The minimum atomic E-state index is -0.0366. The predicted molar refractivity (Wildman–Crippen MR) is 147 cm³/mol. The number of methoxy groups -OCH3 is 1. The lowest BCUT2D eigenvalue weighted by molar-refractivity contribution is 0.313. The smallest absolute Gasteiger partial charge is 0.251 e. The standard InChI is InChI=1S/C30H32N4O2/c1-32-16-18-33(19-17-32)25-12-10-23(11-13-25)31-24-9-6-21-8-15-29(35)34(27(21)20-24)26-14-7-22-4-3-5-28(36-2)30(22)26/h3-6,8-13,15,20,26,31H,7,14,16-19H2,1-2H3. The number of ether oxygens (including phenoxy) is 1. The molecular formula is C30H32N4O2. The van der Waals surface area contributed by atoms with Crippen molar-refractivity contribution in [3.05, 3.63) is 94.3 Å². The van der Waals surface area contributed by atoms with Crippen molar-refractivity contribution in [3.63, 3.8) is 0 Å². The number of anilines is 3. The molecule has 184 valence electrons. The number of nitrogens with zero attached hydrogens (tertiary/aromatic N) is 3. The summed E-state index contributed by atoms with van der Waals surface area (Å²) >= 11 is 0. The quantitative estimate of drug-likeness (QED) is 0.434. The summed E-state index contributed by atoms with van der Waals surface area (Å²) in [7, 11) is 3.88. The van der Waals surface area contributed by atoms with E-state index in [1.807, 2.05) is 22.8 Å².